The van der Waals surface area contributed by atoms with E-state index in [2.05, 4.69) is 4.90 Å². The molecule has 80 valence electrons. The minimum absolute atomic E-state index is 0.0445. The van der Waals surface area contributed by atoms with Crippen molar-refractivity contribution in [1.29, 1.82) is 0 Å². The highest BCUT2D eigenvalue weighted by molar-refractivity contribution is 6.02. The number of carbonyl (C=O) groups excluding carboxylic acids is 2. The van der Waals surface area contributed by atoms with Gasteiger partial charge in [-0.25, -0.2) is 0 Å². The topological polar surface area (TPSA) is 37.4 Å². The Labute approximate surface area is 85.5 Å². The van der Waals surface area contributed by atoms with Crippen LogP contribution in [0.4, 0.5) is 0 Å². The van der Waals surface area contributed by atoms with Crippen molar-refractivity contribution >= 4 is 11.6 Å². The first-order valence-corrected chi connectivity index (χ1v) is 5.17. The second-order valence-electron chi connectivity index (χ2n) is 5.02. The molecule has 0 aliphatic carbocycles. The van der Waals surface area contributed by atoms with Crippen molar-refractivity contribution in [3.05, 3.63) is 0 Å². The number of Topliss-reactive ketones (excluding diaryl/α,β-unsaturated/α-hetero) is 2. The van der Waals surface area contributed by atoms with Gasteiger partial charge in [0.15, 0.2) is 5.78 Å². The number of carbonyl (C=O) groups is 2. The molecule has 1 fully saturated rings. The van der Waals surface area contributed by atoms with Gasteiger partial charge < -0.3 is 0 Å². The largest absolute Gasteiger partial charge is 0.299 e. The summed E-state index contributed by atoms with van der Waals surface area (Å²) < 4.78 is 0. The Morgan fingerprint density at radius 2 is 1.79 bits per heavy atom. The van der Waals surface area contributed by atoms with Crippen molar-refractivity contribution in [2.45, 2.75) is 33.6 Å². The molecule has 0 aromatic rings. The van der Waals surface area contributed by atoms with Crippen LogP contribution in [0, 0.1) is 5.41 Å². The van der Waals surface area contributed by atoms with Gasteiger partial charge in [-0.3, -0.25) is 14.5 Å². The predicted molar refractivity (Wildman–Crippen MR) is 55.1 cm³/mol. The average molecular weight is 197 g/mol. The monoisotopic (exact) mass is 197 g/mol. The minimum Gasteiger partial charge on any atom is -0.299 e. The summed E-state index contributed by atoms with van der Waals surface area (Å²) in [4.78, 5) is 25.0. The summed E-state index contributed by atoms with van der Waals surface area (Å²) >= 11 is 0. The Hall–Kier alpha value is -0.700. The Balaban J connectivity index is 2.29. The molecule has 0 saturated carbocycles. The zero-order valence-electron chi connectivity index (χ0n) is 9.30. The zero-order chi connectivity index (χ0) is 10.8. The molecule has 0 radical (unpaired) electrons. The molecule has 0 atom stereocenters. The minimum atomic E-state index is -0.384. The lowest BCUT2D eigenvalue weighted by Crippen LogP contribution is -2.41. The van der Waals surface area contributed by atoms with E-state index in [0.29, 0.717) is 6.54 Å². The Bertz CT molecular complexity index is 236. The highest BCUT2D eigenvalue weighted by Crippen LogP contribution is 2.17. The van der Waals surface area contributed by atoms with E-state index >= 15 is 0 Å². The van der Waals surface area contributed by atoms with Crippen LogP contribution in [0.1, 0.15) is 33.6 Å². The summed E-state index contributed by atoms with van der Waals surface area (Å²) in [6.45, 7) is 8.04. The molecule has 0 unspecified atom stereocenters. The van der Waals surface area contributed by atoms with Crippen molar-refractivity contribution in [3.63, 3.8) is 0 Å². The Morgan fingerprint density at radius 1 is 1.21 bits per heavy atom. The van der Waals surface area contributed by atoms with Crippen LogP contribution in [0.3, 0.4) is 0 Å². The van der Waals surface area contributed by atoms with Gasteiger partial charge in [-0.2, -0.15) is 0 Å². The van der Waals surface area contributed by atoms with Gasteiger partial charge in [0.2, 0.25) is 0 Å². The lowest BCUT2D eigenvalue weighted by atomic mass is 9.88. The summed E-state index contributed by atoms with van der Waals surface area (Å²) in [5.41, 5.74) is -0.384. The molecule has 1 rings (SSSR count). The standard InChI is InChI=1S/C11H19NO2/c1-11(2,3)10(14)7-9(13)8-12-5-4-6-12/h4-8H2,1-3H3. The zero-order valence-corrected chi connectivity index (χ0v) is 9.30. The molecule has 1 aliphatic heterocycles. The lowest BCUT2D eigenvalue weighted by molar-refractivity contribution is -0.132. The first kappa shape index (κ1) is 11.4. The van der Waals surface area contributed by atoms with Gasteiger partial charge in [0.1, 0.15) is 5.78 Å². The van der Waals surface area contributed by atoms with Crippen LogP contribution in [0.15, 0.2) is 0 Å². The third-order valence-corrected chi connectivity index (χ3v) is 2.54. The fraction of sp³-hybridized carbons (Fsp3) is 0.818. The molecular weight excluding hydrogens is 178 g/mol. The van der Waals surface area contributed by atoms with Gasteiger partial charge in [-0.1, -0.05) is 20.8 Å². The van der Waals surface area contributed by atoms with E-state index in [9.17, 15) is 9.59 Å². The van der Waals surface area contributed by atoms with Gasteiger partial charge in [0, 0.05) is 5.41 Å². The summed E-state index contributed by atoms with van der Waals surface area (Å²) in [6, 6.07) is 0. The molecule has 0 aromatic carbocycles. The van der Waals surface area contributed by atoms with Crippen molar-refractivity contribution < 1.29 is 9.59 Å². The highest BCUT2D eigenvalue weighted by atomic mass is 16.1. The SMILES string of the molecule is CC(C)(C)C(=O)CC(=O)CN1CCC1. The Kier molecular flexibility index (Phi) is 3.43. The molecule has 0 bridgehead atoms. The van der Waals surface area contributed by atoms with Crippen LogP contribution in [0.25, 0.3) is 0 Å². The number of ketones is 2. The molecule has 1 heterocycles. The summed E-state index contributed by atoms with van der Waals surface area (Å²) in [5, 5.41) is 0. The number of nitrogens with zero attached hydrogens (tertiary/aromatic N) is 1. The van der Waals surface area contributed by atoms with E-state index in [1.807, 2.05) is 20.8 Å². The molecule has 3 heteroatoms. The quantitative estimate of drug-likeness (QED) is 0.637. The van der Waals surface area contributed by atoms with E-state index in [1.165, 1.54) is 6.42 Å². The van der Waals surface area contributed by atoms with E-state index in [1.54, 1.807) is 0 Å². The molecule has 0 N–H and O–H groups in total. The maximum Gasteiger partial charge on any atom is 0.154 e. The second-order valence-corrected chi connectivity index (χ2v) is 5.02. The third kappa shape index (κ3) is 3.22. The van der Waals surface area contributed by atoms with Crippen LogP contribution >= 0.6 is 0 Å². The van der Waals surface area contributed by atoms with Crippen LogP contribution in [0.5, 0.6) is 0 Å². The number of likely N-dealkylation sites (tertiary alicyclic amines) is 1. The van der Waals surface area contributed by atoms with Crippen molar-refractivity contribution in [2.75, 3.05) is 19.6 Å². The fourth-order valence-electron chi connectivity index (χ4n) is 1.29. The molecule has 3 nitrogen and oxygen atoms in total. The molecule has 1 aliphatic rings. The number of hydrogen-bond acceptors (Lipinski definition) is 3. The molecule has 14 heavy (non-hydrogen) atoms. The highest BCUT2D eigenvalue weighted by Gasteiger charge is 2.25. The van der Waals surface area contributed by atoms with Gasteiger partial charge in [0.05, 0.1) is 13.0 Å². The van der Waals surface area contributed by atoms with Crippen molar-refractivity contribution in [2.24, 2.45) is 5.41 Å². The molecule has 0 spiro atoms. The predicted octanol–water partition coefficient (Wildman–Crippen LogP) is 1.27. The third-order valence-electron chi connectivity index (χ3n) is 2.54. The van der Waals surface area contributed by atoms with Crippen LogP contribution in [0.2, 0.25) is 0 Å². The Morgan fingerprint density at radius 3 is 2.14 bits per heavy atom. The summed E-state index contributed by atoms with van der Waals surface area (Å²) in [6.07, 6.45) is 1.28. The smallest absolute Gasteiger partial charge is 0.154 e. The van der Waals surface area contributed by atoms with Crippen LogP contribution < -0.4 is 0 Å². The maximum atomic E-state index is 11.5. The lowest BCUT2D eigenvalue weighted by Gasteiger charge is -2.30. The normalized spacial score (nSPS) is 17.6. The second kappa shape index (κ2) is 4.22. The van der Waals surface area contributed by atoms with Crippen molar-refractivity contribution in [1.82, 2.24) is 4.90 Å². The van der Waals surface area contributed by atoms with E-state index in [-0.39, 0.29) is 23.4 Å². The van der Waals surface area contributed by atoms with E-state index in [0.717, 1.165) is 13.1 Å². The first-order chi connectivity index (χ1) is 6.39. The van der Waals surface area contributed by atoms with Gasteiger partial charge in [-0.15, -0.1) is 0 Å². The molecular formula is C11H19NO2. The summed E-state index contributed by atoms with van der Waals surface area (Å²) in [5.74, 6) is 0.104. The summed E-state index contributed by atoms with van der Waals surface area (Å²) in [7, 11) is 0. The average Bonchev–Trinajstić information content (AvgIpc) is 1.95. The molecule has 1 saturated heterocycles. The fourth-order valence-corrected chi connectivity index (χ4v) is 1.29. The van der Waals surface area contributed by atoms with Crippen LogP contribution in [-0.2, 0) is 9.59 Å². The van der Waals surface area contributed by atoms with E-state index < -0.39 is 0 Å². The first-order valence-electron chi connectivity index (χ1n) is 5.17. The number of rotatable bonds is 4. The van der Waals surface area contributed by atoms with Gasteiger partial charge in [0.25, 0.3) is 0 Å². The van der Waals surface area contributed by atoms with Gasteiger partial charge in [-0.05, 0) is 19.5 Å². The van der Waals surface area contributed by atoms with E-state index in [4.69, 9.17) is 0 Å². The van der Waals surface area contributed by atoms with Crippen molar-refractivity contribution in [3.8, 4) is 0 Å². The molecule has 0 aromatic heterocycles. The maximum absolute atomic E-state index is 11.5. The molecule has 0 amide bonds. The van der Waals surface area contributed by atoms with Gasteiger partial charge >= 0.3 is 0 Å². The van der Waals surface area contributed by atoms with Crippen LogP contribution in [-0.4, -0.2) is 36.1 Å². The number of hydrogen-bond donors (Lipinski definition) is 0.